The summed E-state index contributed by atoms with van der Waals surface area (Å²) >= 11 is 0. The second-order valence-electron chi connectivity index (χ2n) is 4.24. The Morgan fingerprint density at radius 3 is 2.71 bits per heavy atom. The predicted octanol–water partition coefficient (Wildman–Crippen LogP) is 1.46. The van der Waals surface area contributed by atoms with Crippen LogP contribution in [0.2, 0.25) is 0 Å². The summed E-state index contributed by atoms with van der Waals surface area (Å²) < 4.78 is 0. The van der Waals surface area contributed by atoms with Crippen LogP contribution >= 0.6 is 0 Å². The first-order valence-electron chi connectivity index (χ1n) is 5.69. The molecule has 2 N–H and O–H groups in total. The van der Waals surface area contributed by atoms with Crippen LogP contribution in [0.15, 0.2) is 0 Å². The van der Waals surface area contributed by atoms with Gasteiger partial charge in [-0.05, 0) is 25.3 Å². The van der Waals surface area contributed by atoms with E-state index in [-0.39, 0.29) is 0 Å². The molecule has 0 saturated heterocycles. The second-order valence-corrected chi connectivity index (χ2v) is 4.24. The summed E-state index contributed by atoms with van der Waals surface area (Å²) in [5.41, 5.74) is 6.10. The summed E-state index contributed by atoms with van der Waals surface area (Å²) in [7, 11) is 0. The SMILES string of the molecule is C#CCN(CC)CC1CCCCC1N. The van der Waals surface area contributed by atoms with E-state index in [9.17, 15) is 0 Å². The maximum absolute atomic E-state index is 6.10. The van der Waals surface area contributed by atoms with Crippen molar-refractivity contribution < 1.29 is 0 Å². The highest BCUT2D eigenvalue weighted by Crippen LogP contribution is 2.23. The lowest BCUT2D eigenvalue weighted by atomic mass is 9.85. The van der Waals surface area contributed by atoms with E-state index in [1.54, 1.807) is 0 Å². The van der Waals surface area contributed by atoms with Crippen molar-refractivity contribution in [3.63, 3.8) is 0 Å². The van der Waals surface area contributed by atoms with E-state index >= 15 is 0 Å². The van der Waals surface area contributed by atoms with Gasteiger partial charge in [0.1, 0.15) is 0 Å². The van der Waals surface area contributed by atoms with Gasteiger partial charge in [-0.2, -0.15) is 0 Å². The molecule has 0 radical (unpaired) electrons. The minimum absolute atomic E-state index is 0.399. The lowest BCUT2D eigenvalue weighted by Crippen LogP contribution is -2.41. The van der Waals surface area contributed by atoms with E-state index in [1.807, 2.05) is 0 Å². The molecule has 1 fully saturated rings. The Bertz CT molecular complexity index is 195. The van der Waals surface area contributed by atoms with E-state index in [0.717, 1.165) is 19.6 Å². The van der Waals surface area contributed by atoms with Crippen LogP contribution < -0.4 is 5.73 Å². The number of terminal acetylenes is 1. The van der Waals surface area contributed by atoms with E-state index in [2.05, 4.69) is 17.7 Å². The number of nitrogens with zero attached hydrogens (tertiary/aromatic N) is 1. The van der Waals surface area contributed by atoms with E-state index in [4.69, 9.17) is 12.2 Å². The van der Waals surface area contributed by atoms with Crippen molar-refractivity contribution in [3.8, 4) is 12.3 Å². The zero-order valence-electron chi connectivity index (χ0n) is 9.21. The Labute approximate surface area is 87.8 Å². The van der Waals surface area contributed by atoms with Crippen LogP contribution in [0.1, 0.15) is 32.6 Å². The van der Waals surface area contributed by atoms with Crippen molar-refractivity contribution >= 4 is 0 Å². The largest absolute Gasteiger partial charge is 0.327 e. The van der Waals surface area contributed by atoms with E-state index in [1.165, 1.54) is 25.7 Å². The molecule has 1 saturated carbocycles. The Kier molecular flexibility index (Phi) is 5.00. The molecule has 0 aliphatic heterocycles. The zero-order chi connectivity index (χ0) is 10.4. The molecule has 1 aliphatic rings. The fraction of sp³-hybridized carbons (Fsp3) is 0.833. The van der Waals surface area contributed by atoms with Crippen molar-refractivity contribution in [1.29, 1.82) is 0 Å². The Balaban J connectivity index is 2.36. The summed E-state index contributed by atoms with van der Waals surface area (Å²) in [6.45, 7) is 5.04. The molecule has 0 bridgehead atoms. The average Bonchev–Trinajstić information content (AvgIpc) is 2.20. The van der Waals surface area contributed by atoms with Crippen molar-refractivity contribution in [1.82, 2.24) is 4.90 Å². The molecule has 0 aromatic heterocycles. The maximum Gasteiger partial charge on any atom is 0.0598 e. The number of hydrogen-bond acceptors (Lipinski definition) is 2. The van der Waals surface area contributed by atoms with Gasteiger partial charge in [-0.1, -0.05) is 25.7 Å². The summed E-state index contributed by atoms with van der Waals surface area (Å²) in [6, 6.07) is 0.399. The third kappa shape index (κ3) is 3.32. The van der Waals surface area contributed by atoms with Gasteiger partial charge >= 0.3 is 0 Å². The van der Waals surface area contributed by atoms with Crippen LogP contribution in [0, 0.1) is 18.3 Å². The molecule has 14 heavy (non-hydrogen) atoms. The van der Waals surface area contributed by atoms with Gasteiger partial charge in [0.2, 0.25) is 0 Å². The molecule has 80 valence electrons. The standard InChI is InChI=1S/C12H22N2/c1-3-9-14(4-2)10-11-7-5-6-8-12(11)13/h1,11-12H,4-10,13H2,2H3. The summed E-state index contributed by atoms with van der Waals surface area (Å²) in [5.74, 6) is 3.37. The van der Waals surface area contributed by atoms with E-state index < -0.39 is 0 Å². The van der Waals surface area contributed by atoms with Crippen molar-refractivity contribution in [2.24, 2.45) is 11.7 Å². The van der Waals surface area contributed by atoms with Crippen molar-refractivity contribution in [2.45, 2.75) is 38.6 Å². The van der Waals surface area contributed by atoms with Gasteiger partial charge in [0, 0.05) is 12.6 Å². The Hall–Kier alpha value is -0.520. The normalized spacial score (nSPS) is 27.6. The first-order chi connectivity index (χ1) is 6.77. The molecule has 1 rings (SSSR count). The lowest BCUT2D eigenvalue weighted by molar-refractivity contribution is 0.205. The molecule has 2 unspecified atom stereocenters. The molecular formula is C12H22N2. The topological polar surface area (TPSA) is 29.3 Å². The highest BCUT2D eigenvalue weighted by atomic mass is 15.1. The molecule has 1 aliphatic carbocycles. The molecule has 2 heteroatoms. The van der Waals surface area contributed by atoms with Crippen LogP contribution in [0.25, 0.3) is 0 Å². The fourth-order valence-electron chi connectivity index (χ4n) is 2.23. The number of hydrogen-bond donors (Lipinski definition) is 1. The third-order valence-corrected chi connectivity index (χ3v) is 3.22. The molecule has 2 nitrogen and oxygen atoms in total. The number of nitrogens with two attached hydrogens (primary N) is 1. The van der Waals surface area contributed by atoms with E-state index in [0.29, 0.717) is 12.0 Å². The van der Waals surface area contributed by atoms with Gasteiger partial charge in [0.05, 0.1) is 6.54 Å². The molecular weight excluding hydrogens is 172 g/mol. The minimum Gasteiger partial charge on any atom is -0.327 e. The summed E-state index contributed by atoms with van der Waals surface area (Å²) in [6.07, 6.45) is 10.4. The molecule has 0 aromatic rings. The summed E-state index contributed by atoms with van der Waals surface area (Å²) in [5, 5.41) is 0. The van der Waals surface area contributed by atoms with Gasteiger partial charge in [-0.25, -0.2) is 0 Å². The van der Waals surface area contributed by atoms with Crippen LogP contribution in [-0.4, -0.2) is 30.6 Å². The molecule has 0 spiro atoms. The monoisotopic (exact) mass is 194 g/mol. The van der Waals surface area contributed by atoms with Crippen molar-refractivity contribution in [2.75, 3.05) is 19.6 Å². The third-order valence-electron chi connectivity index (χ3n) is 3.22. The van der Waals surface area contributed by atoms with Gasteiger partial charge in [0.25, 0.3) is 0 Å². The first-order valence-corrected chi connectivity index (χ1v) is 5.69. The van der Waals surface area contributed by atoms with Crippen LogP contribution in [-0.2, 0) is 0 Å². The Morgan fingerprint density at radius 2 is 2.14 bits per heavy atom. The smallest absolute Gasteiger partial charge is 0.0598 e. The Morgan fingerprint density at radius 1 is 1.43 bits per heavy atom. The zero-order valence-corrected chi connectivity index (χ0v) is 9.21. The van der Waals surface area contributed by atoms with Crippen LogP contribution in [0.5, 0.6) is 0 Å². The summed E-state index contributed by atoms with van der Waals surface area (Å²) in [4.78, 5) is 2.32. The van der Waals surface area contributed by atoms with Gasteiger partial charge in [-0.3, -0.25) is 4.90 Å². The quantitative estimate of drug-likeness (QED) is 0.687. The average molecular weight is 194 g/mol. The molecule has 2 atom stereocenters. The first kappa shape index (κ1) is 11.6. The lowest BCUT2D eigenvalue weighted by Gasteiger charge is -2.32. The van der Waals surface area contributed by atoms with Crippen LogP contribution in [0.4, 0.5) is 0 Å². The second kappa shape index (κ2) is 6.06. The van der Waals surface area contributed by atoms with Gasteiger partial charge < -0.3 is 5.73 Å². The van der Waals surface area contributed by atoms with Gasteiger partial charge in [-0.15, -0.1) is 6.42 Å². The highest BCUT2D eigenvalue weighted by Gasteiger charge is 2.23. The van der Waals surface area contributed by atoms with Crippen molar-refractivity contribution in [3.05, 3.63) is 0 Å². The predicted molar refractivity (Wildman–Crippen MR) is 60.9 cm³/mol. The molecule has 0 aromatic carbocycles. The highest BCUT2D eigenvalue weighted by molar-refractivity contribution is 4.89. The molecule has 0 heterocycles. The van der Waals surface area contributed by atoms with Gasteiger partial charge in [0.15, 0.2) is 0 Å². The number of rotatable bonds is 4. The van der Waals surface area contributed by atoms with Crippen LogP contribution in [0.3, 0.4) is 0 Å². The fourth-order valence-corrected chi connectivity index (χ4v) is 2.23. The molecule has 0 amide bonds. The minimum atomic E-state index is 0.399. The maximum atomic E-state index is 6.10.